The maximum Gasteiger partial charge on any atom is 0.331 e. The lowest BCUT2D eigenvalue weighted by atomic mass is 9.87. The summed E-state index contributed by atoms with van der Waals surface area (Å²) >= 11 is 0. The number of piperidine rings is 1. The van der Waals surface area contributed by atoms with Gasteiger partial charge in [-0.2, -0.15) is 10.2 Å². The summed E-state index contributed by atoms with van der Waals surface area (Å²) in [4.78, 5) is 14.1. The number of carboxylic acid groups (broad SMARTS) is 1. The summed E-state index contributed by atoms with van der Waals surface area (Å²) in [7, 11) is 0. The third-order valence-electron chi connectivity index (χ3n) is 4.82. The Bertz CT molecular complexity index is 691. The van der Waals surface area contributed by atoms with Crippen LogP contribution in [0, 0.1) is 0 Å². The van der Waals surface area contributed by atoms with Gasteiger partial charge in [0, 0.05) is 43.1 Å². The summed E-state index contributed by atoms with van der Waals surface area (Å²) in [5.74, 6) is -0.803. The first-order valence-electron chi connectivity index (χ1n) is 8.32. The molecule has 2 N–H and O–H groups in total. The fourth-order valence-corrected chi connectivity index (χ4v) is 3.21. The molecule has 1 saturated heterocycles. The molecule has 7 nitrogen and oxygen atoms in total. The first-order chi connectivity index (χ1) is 11.3. The lowest BCUT2D eigenvalue weighted by molar-refractivity contribution is -0.151. The first-order valence-corrected chi connectivity index (χ1v) is 8.32. The highest BCUT2D eigenvalue weighted by atomic mass is 16.4. The van der Waals surface area contributed by atoms with Gasteiger partial charge in [0.1, 0.15) is 0 Å². The predicted octanol–water partition coefficient (Wildman–Crippen LogP) is 1.98. The van der Waals surface area contributed by atoms with E-state index in [0.29, 0.717) is 12.8 Å². The van der Waals surface area contributed by atoms with Crippen LogP contribution in [0.5, 0.6) is 0 Å². The number of aromatic nitrogens is 4. The van der Waals surface area contributed by atoms with Gasteiger partial charge in [0.2, 0.25) is 0 Å². The van der Waals surface area contributed by atoms with Crippen molar-refractivity contribution in [2.45, 2.75) is 51.1 Å². The second-order valence-corrected chi connectivity index (χ2v) is 7.59. The predicted molar refractivity (Wildman–Crippen MR) is 89.6 cm³/mol. The number of nitrogens with one attached hydrogen (secondary N) is 1. The van der Waals surface area contributed by atoms with E-state index in [2.05, 4.69) is 47.0 Å². The third kappa shape index (κ3) is 3.08. The Morgan fingerprint density at radius 1 is 1.38 bits per heavy atom. The number of nitrogens with zero attached hydrogens (tertiary/aromatic N) is 4. The van der Waals surface area contributed by atoms with Gasteiger partial charge >= 0.3 is 5.97 Å². The number of carbonyl (C=O) groups is 1. The van der Waals surface area contributed by atoms with E-state index >= 15 is 0 Å². The van der Waals surface area contributed by atoms with Crippen LogP contribution in [0.25, 0.3) is 0 Å². The molecule has 0 saturated carbocycles. The van der Waals surface area contributed by atoms with Crippen LogP contribution in [0.3, 0.4) is 0 Å². The van der Waals surface area contributed by atoms with Crippen molar-refractivity contribution in [2.75, 3.05) is 13.1 Å². The minimum Gasteiger partial charge on any atom is -0.479 e. The van der Waals surface area contributed by atoms with Crippen LogP contribution in [0.2, 0.25) is 0 Å². The number of aliphatic carboxylic acids is 1. The smallest absolute Gasteiger partial charge is 0.331 e. The van der Waals surface area contributed by atoms with Gasteiger partial charge in [0.15, 0.2) is 5.54 Å². The minimum atomic E-state index is -0.926. The van der Waals surface area contributed by atoms with E-state index in [-0.39, 0.29) is 5.41 Å². The molecule has 130 valence electrons. The van der Waals surface area contributed by atoms with Gasteiger partial charge in [-0.3, -0.25) is 14.7 Å². The van der Waals surface area contributed by atoms with Crippen molar-refractivity contribution in [1.82, 2.24) is 24.9 Å². The maximum absolute atomic E-state index is 11.9. The van der Waals surface area contributed by atoms with Gasteiger partial charge in [-0.05, 0) is 25.0 Å². The maximum atomic E-state index is 11.9. The monoisotopic (exact) mass is 331 g/mol. The van der Waals surface area contributed by atoms with E-state index in [9.17, 15) is 9.90 Å². The van der Waals surface area contributed by atoms with Crippen LogP contribution in [0.1, 0.15) is 45.0 Å². The Morgan fingerprint density at radius 2 is 2.08 bits per heavy atom. The molecule has 0 radical (unpaired) electrons. The molecule has 0 spiro atoms. The van der Waals surface area contributed by atoms with Crippen LogP contribution in [-0.2, 0) is 22.3 Å². The molecule has 3 rings (SSSR count). The van der Waals surface area contributed by atoms with Crippen LogP contribution in [-0.4, -0.2) is 49.0 Å². The molecule has 1 fully saturated rings. The summed E-state index contributed by atoms with van der Waals surface area (Å²) in [6.07, 6.45) is 4.47. The molecular weight excluding hydrogens is 306 g/mol. The molecule has 2 aromatic heterocycles. The number of carboxylic acids is 1. The molecule has 3 heterocycles. The zero-order chi connectivity index (χ0) is 17.4. The minimum absolute atomic E-state index is 0.0230. The van der Waals surface area contributed by atoms with E-state index in [1.54, 1.807) is 23.1 Å². The molecule has 0 bridgehead atoms. The van der Waals surface area contributed by atoms with Crippen LogP contribution < -0.4 is 0 Å². The molecule has 1 aliphatic rings. The largest absolute Gasteiger partial charge is 0.479 e. The number of H-pyrrole nitrogens is 1. The van der Waals surface area contributed by atoms with Gasteiger partial charge in [-0.1, -0.05) is 20.8 Å². The summed E-state index contributed by atoms with van der Waals surface area (Å²) in [6.45, 7) is 8.61. The molecule has 0 aromatic carbocycles. The fraction of sp³-hybridized carbons (Fsp3) is 0.588. The highest BCUT2D eigenvalue weighted by Gasteiger charge is 2.43. The van der Waals surface area contributed by atoms with Crippen molar-refractivity contribution in [2.24, 2.45) is 0 Å². The fourth-order valence-electron chi connectivity index (χ4n) is 3.21. The lowest BCUT2D eigenvalue weighted by Gasteiger charge is -2.38. The van der Waals surface area contributed by atoms with Crippen molar-refractivity contribution in [3.8, 4) is 0 Å². The van der Waals surface area contributed by atoms with Crippen molar-refractivity contribution < 1.29 is 9.90 Å². The molecular formula is C17H25N5O2. The van der Waals surface area contributed by atoms with Gasteiger partial charge in [-0.15, -0.1) is 0 Å². The average Bonchev–Trinajstić information content (AvgIpc) is 3.18. The Morgan fingerprint density at radius 3 is 2.58 bits per heavy atom. The standard InChI is InChI=1S/C17H25N5O2/c1-16(2,3)14-11-13(19-20-14)12-21-9-5-17(6-10-21,15(23)24)22-8-4-7-18-22/h4,7-8,11H,5-6,9-10,12H2,1-3H3,(H,19,20)(H,23,24). The summed E-state index contributed by atoms with van der Waals surface area (Å²) in [5, 5.41) is 21.4. The molecule has 0 amide bonds. The second kappa shape index (κ2) is 6.05. The zero-order valence-electron chi connectivity index (χ0n) is 14.5. The number of aromatic amines is 1. The van der Waals surface area contributed by atoms with Crippen LogP contribution in [0.15, 0.2) is 24.5 Å². The van der Waals surface area contributed by atoms with Crippen molar-refractivity contribution in [3.63, 3.8) is 0 Å². The number of rotatable bonds is 4. The molecule has 0 atom stereocenters. The number of hydrogen-bond donors (Lipinski definition) is 2. The third-order valence-corrected chi connectivity index (χ3v) is 4.82. The Labute approximate surface area is 141 Å². The Balaban J connectivity index is 1.66. The van der Waals surface area contributed by atoms with Crippen molar-refractivity contribution >= 4 is 5.97 Å². The highest BCUT2D eigenvalue weighted by Crippen LogP contribution is 2.31. The SMILES string of the molecule is CC(C)(C)c1cc(CN2CCC(C(=O)O)(n3cccn3)CC2)[nH]n1. The van der Waals surface area contributed by atoms with Crippen LogP contribution in [0.4, 0.5) is 0 Å². The first kappa shape index (κ1) is 16.7. The van der Waals surface area contributed by atoms with E-state index in [1.807, 2.05) is 0 Å². The van der Waals surface area contributed by atoms with Gasteiger partial charge < -0.3 is 5.11 Å². The lowest BCUT2D eigenvalue weighted by Crippen LogP contribution is -2.51. The molecule has 0 aliphatic carbocycles. The van der Waals surface area contributed by atoms with Crippen LogP contribution >= 0.6 is 0 Å². The summed E-state index contributed by atoms with van der Waals surface area (Å²) in [6, 6.07) is 3.88. The Hall–Kier alpha value is -2.15. The number of hydrogen-bond acceptors (Lipinski definition) is 4. The average molecular weight is 331 g/mol. The summed E-state index contributed by atoms with van der Waals surface area (Å²) in [5.41, 5.74) is 1.22. The van der Waals surface area contributed by atoms with Crippen molar-refractivity contribution in [3.05, 3.63) is 35.9 Å². The topological polar surface area (TPSA) is 87.0 Å². The van der Waals surface area contributed by atoms with Gasteiger partial charge in [0.05, 0.1) is 5.69 Å². The molecule has 1 aliphatic heterocycles. The van der Waals surface area contributed by atoms with E-state index in [0.717, 1.165) is 31.0 Å². The molecule has 2 aromatic rings. The number of likely N-dealkylation sites (tertiary alicyclic amines) is 1. The van der Waals surface area contributed by atoms with Crippen molar-refractivity contribution in [1.29, 1.82) is 0 Å². The zero-order valence-corrected chi connectivity index (χ0v) is 14.5. The van der Waals surface area contributed by atoms with Gasteiger partial charge in [0.25, 0.3) is 0 Å². The second-order valence-electron chi connectivity index (χ2n) is 7.59. The highest BCUT2D eigenvalue weighted by molar-refractivity contribution is 5.76. The quantitative estimate of drug-likeness (QED) is 0.894. The normalized spacial score (nSPS) is 18.6. The Kier molecular flexibility index (Phi) is 4.21. The molecule has 0 unspecified atom stereocenters. The van der Waals surface area contributed by atoms with E-state index in [4.69, 9.17) is 0 Å². The molecule has 24 heavy (non-hydrogen) atoms. The van der Waals surface area contributed by atoms with E-state index < -0.39 is 11.5 Å². The van der Waals surface area contributed by atoms with E-state index in [1.165, 1.54) is 0 Å². The molecule has 7 heteroatoms. The summed E-state index contributed by atoms with van der Waals surface area (Å²) < 4.78 is 1.60. The van der Waals surface area contributed by atoms with Gasteiger partial charge in [-0.25, -0.2) is 4.79 Å².